The van der Waals surface area contributed by atoms with Crippen LogP contribution in [-0.4, -0.2) is 43.9 Å². The summed E-state index contributed by atoms with van der Waals surface area (Å²) in [5.74, 6) is 0.396. The van der Waals surface area contributed by atoms with Crippen molar-refractivity contribution in [2.45, 2.75) is 46.5 Å². The first-order valence-corrected chi connectivity index (χ1v) is 8.65. The smallest absolute Gasteiger partial charge is 0.254 e. The SMILES string of the molecule is Cc1cc(C)nc(-n2cc(C(=O)NCC3(CO)CC3)c(C(C)C)n2)n1. The Morgan fingerprint density at radius 2 is 1.96 bits per heavy atom. The molecule has 0 radical (unpaired) electrons. The molecule has 0 aliphatic heterocycles. The highest BCUT2D eigenvalue weighted by atomic mass is 16.3. The van der Waals surface area contributed by atoms with Gasteiger partial charge in [0.25, 0.3) is 11.9 Å². The van der Waals surface area contributed by atoms with E-state index in [4.69, 9.17) is 0 Å². The van der Waals surface area contributed by atoms with E-state index in [0.717, 1.165) is 24.2 Å². The lowest BCUT2D eigenvalue weighted by molar-refractivity contribution is 0.0934. The third-order valence-electron chi connectivity index (χ3n) is 4.63. The summed E-state index contributed by atoms with van der Waals surface area (Å²) in [5.41, 5.74) is 2.84. The monoisotopic (exact) mass is 343 g/mol. The second kappa shape index (κ2) is 6.55. The van der Waals surface area contributed by atoms with Gasteiger partial charge in [-0.05, 0) is 38.7 Å². The molecule has 2 heterocycles. The van der Waals surface area contributed by atoms with Crippen molar-refractivity contribution in [3.63, 3.8) is 0 Å². The lowest BCUT2D eigenvalue weighted by Gasteiger charge is -2.13. The first kappa shape index (κ1) is 17.5. The summed E-state index contributed by atoms with van der Waals surface area (Å²) >= 11 is 0. The molecule has 25 heavy (non-hydrogen) atoms. The van der Waals surface area contributed by atoms with Gasteiger partial charge in [-0.1, -0.05) is 13.8 Å². The number of aliphatic hydroxyl groups is 1. The zero-order chi connectivity index (χ0) is 18.2. The van der Waals surface area contributed by atoms with Gasteiger partial charge in [-0.15, -0.1) is 0 Å². The summed E-state index contributed by atoms with van der Waals surface area (Å²) in [6.07, 6.45) is 3.60. The lowest BCUT2D eigenvalue weighted by Crippen LogP contribution is -2.32. The minimum absolute atomic E-state index is 0.0978. The number of nitrogens with one attached hydrogen (secondary N) is 1. The average Bonchev–Trinajstić information content (AvgIpc) is 3.19. The molecule has 1 aliphatic rings. The van der Waals surface area contributed by atoms with Crippen LogP contribution in [0, 0.1) is 19.3 Å². The maximum atomic E-state index is 12.7. The Balaban J connectivity index is 1.88. The van der Waals surface area contributed by atoms with E-state index in [1.54, 1.807) is 10.9 Å². The van der Waals surface area contributed by atoms with Gasteiger partial charge in [0.15, 0.2) is 0 Å². The highest BCUT2D eigenvalue weighted by Gasteiger charge is 2.42. The van der Waals surface area contributed by atoms with Crippen molar-refractivity contribution in [1.82, 2.24) is 25.1 Å². The number of hydrogen-bond acceptors (Lipinski definition) is 5. The van der Waals surface area contributed by atoms with Gasteiger partial charge in [0, 0.05) is 29.5 Å². The Morgan fingerprint density at radius 3 is 2.48 bits per heavy atom. The molecule has 1 aliphatic carbocycles. The number of aryl methyl sites for hydroxylation is 2. The predicted octanol–water partition coefficient (Wildman–Crippen LogP) is 1.90. The molecule has 1 saturated carbocycles. The molecule has 0 unspecified atom stereocenters. The van der Waals surface area contributed by atoms with Gasteiger partial charge in [0.1, 0.15) is 0 Å². The summed E-state index contributed by atoms with van der Waals surface area (Å²) in [4.78, 5) is 21.5. The molecule has 2 aromatic rings. The van der Waals surface area contributed by atoms with Gasteiger partial charge in [0.2, 0.25) is 0 Å². The van der Waals surface area contributed by atoms with E-state index in [2.05, 4.69) is 20.4 Å². The van der Waals surface area contributed by atoms with Crippen molar-refractivity contribution in [3.8, 4) is 5.95 Å². The molecular formula is C18H25N5O2. The summed E-state index contributed by atoms with van der Waals surface area (Å²) in [7, 11) is 0. The Kier molecular flexibility index (Phi) is 4.60. The molecule has 7 heteroatoms. The van der Waals surface area contributed by atoms with Crippen LogP contribution >= 0.6 is 0 Å². The van der Waals surface area contributed by atoms with Crippen LogP contribution in [0.25, 0.3) is 5.95 Å². The van der Waals surface area contributed by atoms with Gasteiger partial charge in [-0.25, -0.2) is 14.6 Å². The van der Waals surface area contributed by atoms with Crippen LogP contribution in [0.15, 0.2) is 12.3 Å². The molecule has 1 amide bonds. The van der Waals surface area contributed by atoms with Crippen LogP contribution in [0.2, 0.25) is 0 Å². The fourth-order valence-electron chi connectivity index (χ4n) is 2.83. The third kappa shape index (κ3) is 3.71. The number of aliphatic hydroxyl groups excluding tert-OH is 1. The number of aromatic nitrogens is 4. The van der Waals surface area contributed by atoms with E-state index in [-0.39, 0.29) is 23.8 Å². The van der Waals surface area contributed by atoms with Crippen LogP contribution in [0.4, 0.5) is 0 Å². The van der Waals surface area contributed by atoms with Crippen molar-refractivity contribution in [2.24, 2.45) is 5.41 Å². The molecule has 2 aromatic heterocycles. The Morgan fingerprint density at radius 1 is 1.32 bits per heavy atom. The topological polar surface area (TPSA) is 92.9 Å². The summed E-state index contributed by atoms with van der Waals surface area (Å²) in [6, 6.07) is 1.90. The highest BCUT2D eigenvalue weighted by molar-refractivity contribution is 5.95. The molecule has 3 rings (SSSR count). The molecule has 7 nitrogen and oxygen atoms in total. The van der Waals surface area contributed by atoms with E-state index in [1.165, 1.54) is 0 Å². The van der Waals surface area contributed by atoms with E-state index < -0.39 is 0 Å². The molecule has 0 aromatic carbocycles. The molecule has 2 N–H and O–H groups in total. The van der Waals surface area contributed by atoms with Crippen molar-refractivity contribution in [1.29, 1.82) is 0 Å². The minimum atomic E-state index is -0.168. The standard InChI is InChI=1S/C18H25N5O2/c1-11(2)15-14(16(25)19-9-18(10-24)5-6-18)8-23(22-15)17-20-12(3)7-13(4)21-17/h7-8,11,24H,5-6,9-10H2,1-4H3,(H,19,25). The summed E-state index contributed by atoms with van der Waals surface area (Å²) in [6.45, 7) is 8.42. The van der Waals surface area contributed by atoms with Gasteiger partial charge >= 0.3 is 0 Å². The minimum Gasteiger partial charge on any atom is -0.396 e. The average molecular weight is 343 g/mol. The Bertz CT molecular complexity index is 773. The number of carbonyl (C=O) groups is 1. The second-order valence-corrected chi connectivity index (χ2v) is 7.32. The number of hydrogen-bond donors (Lipinski definition) is 2. The largest absolute Gasteiger partial charge is 0.396 e. The zero-order valence-corrected chi connectivity index (χ0v) is 15.2. The van der Waals surface area contributed by atoms with Gasteiger partial charge in [-0.2, -0.15) is 5.10 Å². The molecule has 0 atom stereocenters. The Hall–Kier alpha value is -2.28. The van der Waals surface area contributed by atoms with Crippen molar-refractivity contribution in [3.05, 3.63) is 34.9 Å². The number of nitrogens with zero attached hydrogens (tertiary/aromatic N) is 4. The van der Waals surface area contributed by atoms with Crippen LogP contribution in [0.1, 0.15) is 60.0 Å². The number of carbonyl (C=O) groups excluding carboxylic acids is 1. The molecule has 0 bridgehead atoms. The van der Waals surface area contributed by atoms with Gasteiger partial charge in [-0.3, -0.25) is 4.79 Å². The molecular weight excluding hydrogens is 318 g/mol. The number of amides is 1. The van der Waals surface area contributed by atoms with Crippen molar-refractivity contribution in [2.75, 3.05) is 13.2 Å². The highest BCUT2D eigenvalue weighted by Crippen LogP contribution is 2.44. The summed E-state index contributed by atoms with van der Waals surface area (Å²) < 4.78 is 1.57. The van der Waals surface area contributed by atoms with E-state index >= 15 is 0 Å². The van der Waals surface area contributed by atoms with Crippen molar-refractivity contribution >= 4 is 5.91 Å². The quantitative estimate of drug-likeness (QED) is 0.836. The normalized spacial score (nSPS) is 15.4. The van der Waals surface area contributed by atoms with Crippen LogP contribution in [-0.2, 0) is 0 Å². The maximum absolute atomic E-state index is 12.7. The first-order chi connectivity index (χ1) is 11.8. The molecule has 134 valence electrons. The first-order valence-electron chi connectivity index (χ1n) is 8.65. The van der Waals surface area contributed by atoms with Crippen molar-refractivity contribution < 1.29 is 9.90 Å². The fourth-order valence-corrected chi connectivity index (χ4v) is 2.83. The lowest BCUT2D eigenvalue weighted by atomic mass is 10.1. The van der Waals surface area contributed by atoms with Crippen LogP contribution < -0.4 is 5.32 Å². The van der Waals surface area contributed by atoms with E-state index in [0.29, 0.717) is 23.8 Å². The molecule has 1 fully saturated rings. The van der Waals surface area contributed by atoms with Crippen LogP contribution in [0.5, 0.6) is 0 Å². The van der Waals surface area contributed by atoms with Gasteiger partial charge in [0.05, 0.1) is 17.9 Å². The molecule has 0 spiro atoms. The van der Waals surface area contributed by atoms with Crippen LogP contribution in [0.3, 0.4) is 0 Å². The second-order valence-electron chi connectivity index (χ2n) is 7.32. The van der Waals surface area contributed by atoms with E-state index in [1.807, 2.05) is 33.8 Å². The Labute approximate surface area is 147 Å². The third-order valence-corrected chi connectivity index (χ3v) is 4.63. The number of rotatable bonds is 6. The van der Waals surface area contributed by atoms with E-state index in [9.17, 15) is 9.90 Å². The molecule has 0 saturated heterocycles. The fraction of sp³-hybridized carbons (Fsp3) is 0.556. The van der Waals surface area contributed by atoms with Gasteiger partial charge < -0.3 is 10.4 Å². The predicted molar refractivity (Wildman–Crippen MR) is 93.8 cm³/mol. The summed E-state index contributed by atoms with van der Waals surface area (Å²) in [5, 5.41) is 16.9. The zero-order valence-electron chi connectivity index (χ0n) is 15.2. The maximum Gasteiger partial charge on any atom is 0.254 e.